The standard InChI is InChI=1S/C19H18N2O6S.2O3S/c1-12-8-18(22)21(11-19(23)24)16-9-14(6-7-15(12)16)20-10-13-4-2-3-5-17(13)28(25,26)27;2*1-4(2)3/h2-9,20H,10-11H2,1H3,(H,23,24)(H,25,26,27);;. The van der Waals surface area contributed by atoms with Crippen molar-refractivity contribution in [2.24, 2.45) is 0 Å². The topological polar surface area (TPSA) is 228 Å². The lowest BCUT2D eigenvalue weighted by atomic mass is 10.1. The van der Waals surface area contributed by atoms with Gasteiger partial charge in [0.1, 0.15) is 6.54 Å². The van der Waals surface area contributed by atoms with E-state index < -0.39 is 49.4 Å². The first-order chi connectivity index (χ1) is 16.6. The SMILES string of the molecule is Cc1cc(=O)n(CC(=O)O)c2cc(NCc3ccccc3S(=O)(=O)O)ccc12.O=S(=O)=O.O=S(=O)=O. The molecule has 0 unspecified atom stereocenters. The summed E-state index contributed by atoms with van der Waals surface area (Å²) in [5.74, 6) is -1.13. The summed E-state index contributed by atoms with van der Waals surface area (Å²) >= 11 is 0. The first kappa shape index (κ1) is 30.1. The van der Waals surface area contributed by atoms with E-state index in [9.17, 15) is 22.6 Å². The number of carbonyl (C=O) groups is 1. The number of benzene rings is 2. The van der Waals surface area contributed by atoms with Crippen LogP contribution in [-0.2, 0) is 49.2 Å². The molecule has 0 atom stereocenters. The lowest BCUT2D eigenvalue weighted by Gasteiger charge is -2.14. The Morgan fingerprint density at radius 1 is 0.972 bits per heavy atom. The van der Waals surface area contributed by atoms with Crippen molar-refractivity contribution in [1.29, 1.82) is 0 Å². The van der Waals surface area contributed by atoms with Crippen LogP contribution in [0.25, 0.3) is 10.9 Å². The molecule has 14 nitrogen and oxygen atoms in total. The Kier molecular flexibility index (Phi) is 11.1. The Labute approximate surface area is 206 Å². The number of hydrogen-bond donors (Lipinski definition) is 3. The van der Waals surface area contributed by atoms with Gasteiger partial charge < -0.3 is 10.4 Å². The van der Waals surface area contributed by atoms with Crippen LogP contribution in [0, 0.1) is 6.92 Å². The second-order valence-corrected chi connectivity index (χ2v) is 8.93. The molecule has 0 radical (unpaired) electrons. The van der Waals surface area contributed by atoms with Crippen molar-refractivity contribution in [1.82, 2.24) is 4.57 Å². The first-order valence-corrected chi connectivity index (χ1v) is 12.8. The van der Waals surface area contributed by atoms with Crippen LogP contribution in [-0.4, -0.2) is 53.9 Å². The van der Waals surface area contributed by atoms with E-state index in [0.29, 0.717) is 16.8 Å². The van der Waals surface area contributed by atoms with Gasteiger partial charge in [0.05, 0.1) is 10.4 Å². The number of nitrogens with one attached hydrogen (secondary N) is 1. The van der Waals surface area contributed by atoms with Crippen LogP contribution < -0.4 is 10.9 Å². The number of aromatic nitrogens is 1. The Morgan fingerprint density at radius 2 is 1.53 bits per heavy atom. The lowest BCUT2D eigenvalue weighted by molar-refractivity contribution is -0.137. The summed E-state index contributed by atoms with van der Waals surface area (Å²) in [6.07, 6.45) is 0. The number of hydrogen-bond acceptors (Lipinski definition) is 11. The third-order valence-corrected chi connectivity index (χ3v) is 5.30. The molecule has 0 aliphatic rings. The molecule has 0 saturated heterocycles. The second-order valence-electron chi connectivity index (χ2n) is 6.72. The summed E-state index contributed by atoms with van der Waals surface area (Å²) in [5.41, 5.74) is 1.71. The van der Waals surface area contributed by atoms with E-state index in [1.807, 2.05) is 0 Å². The van der Waals surface area contributed by atoms with Gasteiger partial charge in [0.15, 0.2) is 0 Å². The number of anilines is 1. The molecule has 3 rings (SSSR count). The van der Waals surface area contributed by atoms with Gasteiger partial charge in [-0.25, -0.2) is 0 Å². The molecular weight excluding hydrogens is 544 g/mol. The molecule has 0 spiro atoms. The number of carboxylic acids is 1. The van der Waals surface area contributed by atoms with Crippen LogP contribution in [0.5, 0.6) is 0 Å². The molecule has 1 aromatic heterocycles. The van der Waals surface area contributed by atoms with Crippen molar-refractivity contribution in [3.8, 4) is 0 Å². The van der Waals surface area contributed by atoms with Crippen molar-refractivity contribution < 1.29 is 48.1 Å². The molecule has 0 aliphatic carbocycles. The summed E-state index contributed by atoms with van der Waals surface area (Å²) in [6.45, 7) is 1.41. The number of nitrogens with zero attached hydrogens (tertiary/aromatic N) is 1. The first-order valence-electron chi connectivity index (χ1n) is 9.32. The van der Waals surface area contributed by atoms with Gasteiger partial charge in [0.2, 0.25) is 0 Å². The number of aryl methyl sites for hydroxylation is 1. The highest BCUT2D eigenvalue weighted by molar-refractivity contribution is 7.85. The van der Waals surface area contributed by atoms with E-state index in [4.69, 9.17) is 30.4 Å². The minimum absolute atomic E-state index is 0.108. The van der Waals surface area contributed by atoms with E-state index in [1.165, 1.54) is 22.8 Å². The normalized spacial score (nSPS) is 10.3. The number of aliphatic carboxylic acids is 1. The zero-order valence-electron chi connectivity index (χ0n) is 18.2. The molecule has 0 saturated carbocycles. The molecule has 3 N–H and O–H groups in total. The van der Waals surface area contributed by atoms with E-state index in [-0.39, 0.29) is 11.4 Å². The van der Waals surface area contributed by atoms with Gasteiger partial charge in [-0.05, 0) is 36.2 Å². The van der Waals surface area contributed by atoms with Gasteiger partial charge in [0.25, 0.3) is 15.7 Å². The Bertz CT molecular complexity index is 1620. The van der Waals surface area contributed by atoms with Gasteiger partial charge in [-0.15, -0.1) is 25.3 Å². The van der Waals surface area contributed by atoms with E-state index in [1.54, 1.807) is 37.3 Å². The molecular formula is C19H18N2O12S3. The highest BCUT2D eigenvalue weighted by Crippen LogP contribution is 2.23. The van der Waals surface area contributed by atoms with Crippen molar-refractivity contribution >= 4 is 53.9 Å². The molecule has 36 heavy (non-hydrogen) atoms. The predicted molar refractivity (Wildman–Crippen MR) is 124 cm³/mol. The third kappa shape index (κ3) is 9.74. The van der Waals surface area contributed by atoms with Gasteiger partial charge in [-0.3, -0.25) is 18.7 Å². The Morgan fingerprint density at radius 3 is 2.06 bits per heavy atom. The molecule has 0 amide bonds. The van der Waals surface area contributed by atoms with Crippen molar-refractivity contribution in [3.05, 3.63) is 70.0 Å². The minimum Gasteiger partial charge on any atom is -0.480 e. The highest BCUT2D eigenvalue weighted by atomic mass is 32.2. The predicted octanol–water partition coefficient (Wildman–Crippen LogP) is 0.245. The lowest BCUT2D eigenvalue weighted by Crippen LogP contribution is -2.24. The summed E-state index contributed by atoms with van der Waals surface area (Å²) in [6, 6.07) is 12.6. The molecule has 194 valence electrons. The number of fused-ring (bicyclic) bond motifs is 1. The van der Waals surface area contributed by atoms with Gasteiger partial charge >= 0.3 is 27.2 Å². The number of rotatable bonds is 6. The van der Waals surface area contributed by atoms with Gasteiger partial charge in [0, 0.05) is 23.7 Å². The van der Waals surface area contributed by atoms with Crippen LogP contribution in [0.2, 0.25) is 0 Å². The fraction of sp³-hybridized carbons (Fsp3) is 0.158. The molecule has 0 bridgehead atoms. The monoisotopic (exact) mass is 562 g/mol. The van der Waals surface area contributed by atoms with Crippen LogP contribution in [0.15, 0.2) is 58.2 Å². The maximum Gasteiger partial charge on any atom is 0.425 e. The summed E-state index contributed by atoms with van der Waals surface area (Å²) in [5, 5.41) is 12.9. The molecule has 17 heteroatoms. The van der Waals surface area contributed by atoms with Gasteiger partial charge in [-0.2, -0.15) is 8.42 Å². The zero-order chi connectivity index (χ0) is 27.6. The van der Waals surface area contributed by atoms with E-state index >= 15 is 0 Å². The summed E-state index contributed by atoms with van der Waals surface area (Å²) < 4.78 is 84.2. The molecule has 1 heterocycles. The van der Waals surface area contributed by atoms with E-state index in [0.717, 1.165) is 10.9 Å². The molecule has 2 aromatic carbocycles. The Hall–Kier alpha value is -3.93. The number of carboxylic acid groups (broad SMARTS) is 1. The maximum absolute atomic E-state index is 12.2. The fourth-order valence-corrected chi connectivity index (χ4v) is 3.78. The largest absolute Gasteiger partial charge is 0.480 e. The maximum atomic E-state index is 12.2. The smallest absolute Gasteiger partial charge is 0.425 e. The number of pyridine rings is 1. The Balaban J connectivity index is 0.000000709. The van der Waals surface area contributed by atoms with Crippen LogP contribution in [0.1, 0.15) is 11.1 Å². The van der Waals surface area contributed by atoms with Crippen molar-refractivity contribution in [2.75, 3.05) is 5.32 Å². The fourth-order valence-electron chi connectivity index (χ4n) is 3.06. The van der Waals surface area contributed by atoms with Crippen LogP contribution in [0.3, 0.4) is 0 Å². The third-order valence-electron chi connectivity index (χ3n) is 4.35. The van der Waals surface area contributed by atoms with Crippen LogP contribution >= 0.6 is 0 Å². The van der Waals surface area contributed by atoms with E-state index in [2.05, 4.69) is 5.32 Å². The van der Waals surface area contributed by atoms with Crippen LogP contribution in [0.4, 0.5) is 5.69 Å². The average molecular weight is 563 g/mol. The summed E-state index contributed by atoms with van der Waals surface area (Å²) in [4.78, 5) is 23.1. The zero-order valence-corrected chi connectivity index (χ0v) is 20.6. The van der Waals surface area contributed by atoms with Gasteiger partial charge in [-0.1, -0.05) is 24.3 Å². The quantitative estimate of drug-likeness (QED) is 0.342. The molecule has 0 aliphatic heterocycles. The summed E-state index contributed by atoms with van der Waals surface area (Å²) in [7, 11) is -10.6. The van der Waals surface area contributed by atoms with Crippen molar-refractivity contribution in [3.63, 3.8) is 0 Å². The molecule has 3 aromatic rings. The average Bonchev–Trinajstić information content (AvgIpc) is 2.73. The second kappa shape index (κ2) is 13.2. The minimum atomic E-state index is -4.35. The highest BCUT2D eigenvalue weighted by Gasteiger charge is 2.15. The van der Waals surface area contributed by atoms with Crippen molar-refractivity contribution in [2.45, 2.75) is 24.9 Å². The molecule has 0 fully saturated rings.